The van der Waals surface area contributed by atoms with Crippen LogP contribution >= 0.6 is 11.8 Å². The highest BCUT2D eigenvalue weighted by Crippen LogP contribution is 2.35. The van der Waals surface area contributed by atoms with Crippen molar-refractivity contribution in [2.45, 2.75) is 29.9 Å². The smallest absolute Gasteiger partial charge is 0.264 e. The minimum absolute atomic E-state index is 0.101. The molecule has 2 aliphatic heterocycles. The van der Waals surface area contributed by atoms with Gasteiger partial charge < -0.3 is 9.64 Å². The number of carbonyl (C=O) groups is 1. The minimum Gasteiger partial charge on any atom is -0.479 e. The lowest BCUT2D eigenvalue weighted by atomic mass is 10.1. The largest absolute Gasteiger partial charge is 0.479 e. The molecule has 0 aliphatic carbocycles. The number of ether oxygens (including phenoxy) is 1. The van der Waals surface area contributed by atoms with E-state index in [1.165, 1.54) is 0 Å². The van der Waals surface area contributed by atoms with E-state index in [2.05, 4.69) is 5.10 Å². The van der Waals surface area contributed by atoms with Crippen LogP contribution in [0.4, 0.5) is 0 Å². The first kappa shape index (κ1) is 14.6. The van der Waals surface area contributed by atoms with E-state index in [0.29, 0.717) is 12.3 Å². The molecule has 2 aliphatic rings. The highest BCUT2D eigenvalue weighted by atomic mass is 32.2. The molecule has 1 saturated heterocycles. The second-order valence-corrected chi connectivity index (χ2v) is 6.99. The van der Waals surface area contributed by atoms with Crippen molar-refractivity contribution in [3.63, 3.8) is 0 Å². The number of hydrogen-bond donors (Lipinski definition) is 0. The Kier molecular flexibility index (Phi) is 3.99. The first-order valence-electron chi connectivity index (χ1n) is 7.97. The van der Waals surface area contributed by atoms with Crippen LogP contribution in [0.5, 0.6) is 5.75 Å². The summed E-state index contributed by atoms with van der Waals surface area (Å²) in [6.07, 6.45) is 5.45. The van der Waals surface area contributed by atoms with Gasteiger partial charge >= 0.3 is 0 Å². The number of para-hydroxylation sites is 1. The summed E-state index contributed by atoms with van der Waals surface area (Å²) >= 11 is 1.70. The van der Waals surface area contributed by atoms with E-state index < -0.39 is 0 Å². The summed E-state index contributed by atoms with van der Waals surface area (Å²) in [5.41, 5.74) is 0. The standard InChI is InChI=1S/C17H19N3O2S/c21-17(15-12-23-16-7-2-1-6-14(16)22-15)19-9-3-5-13(11-19)20-10-4-8-18-20/h1-2,4,6-8,10,13,15H,3,5,9,11-12H2/t13-,15+/m1/s1. The Morgan fingerprint density at radius 2 is 2.22 bits per heavy atom. The van der Waals surface area contributed by atoms with E-state index in [4.69, 9.17) is 4.74 Å². The van der Waals surface area contributed by atoms with Crippen molar-refractivity contribution < 1.29 is 9.53 Å². The number of carbonyl (C=O) groups excluding carboxylic acids is 1. The zero-order valence-corrected chi connectivity index (χ0v) is 13.6. The molecule has 3 heterocycles. The molecule has 1 aromatic heterocycles. The minimum atomic E-state index is -0.383. The van der Waals surface area contributed by atoms with Gasteiger partial charge in [-0.3, -0.25) is 9.48 Å². The van der Waals surface area contributed by atoms with Gasteiger partial charge in [0.25, 0.3) is 5.91 Å². The monoisotopic (exact) mass is 329 g/mol. The predicted octanol–water partition coefficient (Wildman–Crippen LogP) is 2.60. The fourth-order valence-corrected chi connectivity index (χ4v) is 4.19. The van der Waals surface area contributed by atoms with Crippen LogP contribution in [0.3, 0.4) is 0 Å². The Morgan fingerprint density at radius 1 is 1.30 bits per heavy atom. The van der Waals surface area contributed by atoms with Crippen molar-refractivity contribution in [3.8, 4) is 5.75 Å². The maximum absolute atomic E-state index is 12.8. The fourth-order valence-electron chi connectivity index (χ4n) is 3.21. The van der Waals surface area contributed by atoms with Gasteiger partial charge in [-0.15, -0.1) is 11.8 Å². The molecule has 6 heteroatoms. The van der Waals surface area contributed by atoms with Gasteiger partial charge in [-0.1, -0.05) is 12.1 Å². The van der Waals surface area contributed by atoms with E-state index in [1.807, 2.05) is 46.1 Å². The molecule has 23 heavy (non-hydrogen) atoms. The van der Waals surface area contributed by atoms with Gasteiger partial charge in [0.05, 0.1) is 6.04 Å². The third-order valence-electron chi connectivity index (χ3n) is 4.39. The van der Waals surface area contributed by atoms with Crippen LogP contribution in [0, 0.1) is 0 Å². The molecular formula is C17H19N3O2S. The number of piperidine rings is 1. The molecule has 0 bridgehead atoms. The molecule has 0 unspecified atom stereocenters. The third kappa shape index (κ3) is 2.95. The van der Waals surface area contributed by atoms with E-state index in [0.717, 1.165) is 30.0 Å². The highest BCUT2D eigenvalue weighted by Gasteiger charge is 2.33. The van der Waals surface area contributed by atoms with Gasteiger partial charge in [-0.25, -0.2) is 0 Å². The second kappa shape index (κ2) is 6.28. The van der Waals surface area contributed by atoms with Gasteiger partial charge in [-0.05, 0) is 31.0 Å². The van der Waals surface area contributed by atoms with Gasteiger partial charge in [0, 0.05) is 36.1 Å². The average Bonchev–Trinajstić information content (AvgIpc) is 3.15. The lowest BCUT2D eigenvalue weighted by Crippen LogP contribution is -2.48. The zero-order valence-electron chi connectivity index (χ0n) is 12.8. The van der Waals surface area contributed by atoms with Crippen molar-refractivity contribution in [2.24, 2.45) is 0 Å². The number of likely N-dealkylation sites (tertiary alicyclic amines) is 1. The first-order valence-corrected chi connectivity index (χ1v) is 8.96. The number of thioether (sulfide) groups is 1. The molecule has 0 N–H and O–H groups in total. The molecule has 0 radical (unpaired) electrons. The second-order valence-electron chi connectivity index (χ2n) is 5.93. The molecule has 120 valence electrons. The molecule has 2 atom stereocenters. The molecule has 1 aromatic carbocycles. The lowest BCUT2D eigenvalue weighted by Gasteiger charge is -2.36. The predicted molar refractivity (Wildman–Crippen MR) is 88.7 cm³/mol. The number of aromatic nitrogens is 2. The molecule has 1 fully saturated rings. The molecule has 0 saturated carbocycles. The van der Waals surface area contributed by atoms with Crippen molar-refractivity contribution in [1.29, 1.82) is 0 Å². The van der Waals surface area contributed by atoms with Crippen molar-refractivity contribution in [3.05, 3.63) is 42.7 Å². The van der Waals surface area contributed by atoms with Crippen LogP contribution in [0.25, 0.3) is 0 Å². The van der Waals surface area contributed by atoms with Crippen molar-refractivity contribution in [2.75, 3.05) is 18.8 Å². The zero-order chi connectivity index (χ0) is 15.6. The fraction of sp³-hybridized carbons (Fsp3) is 0.412. The summed E-state index contributed by atoms with van der Waals surface area (Å²) in [5.74, 6) is 1.60. The summed E-state index contributed by atoms with van der Waals surface area (Å²) in [6, 6.07) is 10.1. The Morgan fingerprint density at radius 3 is 3.09 bits per heavy atom. The van der Waals surface area contributed by atoms with Crippen LogP contribution in [-0.2, 0) is 4.79 Å². The number of hydrogen-bond acceptors (Lipinski definition) is 4. The Bertz CT molecular complexity index is 689. The Hall–Kier alpha value is -1.95. The van der Waals surface area contributed by atoms with E-state index in [-0.39, 0.29) is 18.1 Å². The molecule has 5 nitrogen and oxygen atoms in total. The molecule has 0 spiro atoms. The first-order chi connectivity index (χ1) is 11.3. The molecule has 1 amide bonds. The average molecular weight is 329 g/mol. The van der Waals surface area contributed by atoms with E-state index >= 15 is 0 Å². The summed E-state index contributed by atoms with van der Waals surface area (Å²) in [7, 11) is 0. The number of nitrogens with zero attached hydrogens (tertiary/aromatic N) is 3. The SMILES string of the molecule is O=C([C@@H]1CSc2ccccc2O1)N1CCC[C@@H](n2cccn2)C1. The number of benzene rings is 1. The summed E-state index contributed by atoms with van der Waals surface area (Å²) < 4.78 is 7.90. The van der Waals surface area contributed by atoms with Crippen molar-refractivity contribution >= 4 is 17.7 Å². The number of amides is 1. The van der Waals surface area contributed by atoms with Gasteiger partial charge in [0.15, 0.2) is 6.10 Å². The van der Waals surface area contributed by atoms with E-state index in [9.17, 15) is 4.79 Å². The van der Waals surface area contributed by atoms with Crippen LogP contribution in [0.15, 0.2) is 47.6 Å². The van der Waals surface area contributed by atoms with Crippen LogP contribution in [0.2, 0.25) is 0 Å². The topological polar surface area (TPSA) is 47.4 Å². The number of fused-ring (bicyclic) bond motifs is 1. The third-order valence-corrected chi connectivity index (χ3v) is 5.51. The molecular weight excluding hydrogens is 310 g/mol. The maximum atomic E-state index is 12.8. The van der Waals surface area contributed by atoms with Gasteiger partial charge in [0.2, 0.25) is 0 Å². The quantitative estimate of drug-likeness (QED) is 0.850. The van der Waals surface area contributed by atoms with Crippen LogP contribution < -0.4 is 4.74 Å². The van der Waals surface area contributed by atoms with Crippen LogP contribution in [-0.4, -0.2) is 45.5 Å². The lowest BCUT2D eigenvalue weighted by molar-refractivity contribution is -0.139. The molecule has 2 aromatic rings. The summed E-state index contributed by atoms with van der Waals surface area (Å²) in [5, 5.41) is 4.32. The Labute approximate surface area is 139 Å². The summed E-state index contributed by atoms with van der Waals surface area (Å²) in [6.45, 7) is 1.52. The van der Waals surface area contributed by atoms with Gasteiger partial charge in [0.1, 0.15) is 5.75 Å². The normalized spacial score (nSPS) is 23.9. The Balaban J connectivity index is 1.45. The summed E-state index contributed by atoms with van der Waals surface area (Å²) in [4.78, 5) is 15.9. The van der Waals surface area contributed by atoms with Crippen LogP contribution in [0.1, 0.15) is 18.9 Å². The maximum Gasteiger partial charge on any atom is 0.264 e. The molecule has 4 rings (SSSR count). The number of rotatable bonds is 2. The van der Waals surface area contributed by atoms with E-state index in [1.54, 1.807) is 18.0 Å². The van der Waals surface area contributed by atoms with Gasteiger partial charge in [-0.2, -0.15) is 5.10 Å². The highest BCUT2D eigenvalue weighted by molar-refractivity contribution is 7.99. The van der Waals surface area contributed by atoms with Crippen molar-refractivity contribution in [1.82, 2.24) is 14.7 Å².